The van der Waals surface area contributed by atoms with Crippen LogP contribution in [0, 0.1) is 0 Å². The molecule has 0 heterocycles. The number of alkyl halides is 6. The van der Waals surface area contributed by atoms with Crippen LogP contribution in [0.15, 0.2) is 0 Å². The topological polar surface area (TPSA) is 43.4 Å². The third-order valence-corrected chi connectivity index (χ3v) is 1.67. The molecule has 0 aliphatic rings. The maximum absolute atomic E-state index is 12.4. The van der Waals surface area contributed by atoms with Crippen molar-refractivity contribution in [1.82, 2.24) is 0 Å². The van der Waals surface area contributed by atoms with E-state index in [0.717, 1.165) is 0 Å². The van der Waals surface area contributed by atoms with E-state index in [1.165, 1.54) is 0 Å². The van der Waals surface area contributed by atoms with Gasteiger partial charge in [0.15, 0.2) is 0 Å². The van der Waals surface area contributed by atoms with Gasteiger partial charge in [-0.3, -0.25) is 4.18 Å². The van der Waals surface area contributed by atoms with Crippen molar-refractivity contribution < 1.29 is 38.9 Å². The monoisotopic (exact) mass is 260 g/mol. The van der Waals surface area contributed by atoms with Gasteiger partial charge in [-0.2, -0.15) is 21.6 Å². The number of hydrogen-bond donors (Lipinski definition) is 0. The third kappa shape index (κ3) is 5.21. The van der Waals surface area contributed by atoms with Crippen molar-refractivity contribution in [3.63, 3.8) is 0 Å². The van der Waals surface area contributed by atoms with Crippen LogP contribution in [0.2, 0.25) is 0 Å². The summed E-state index contributed by atoms with van der Waals surface area (Å²) in [4.78, 5) is 0. The maximum Gasteiger partial charge on any atom is 0.425 e. The summed E-state index contributed by atoms with van der Waals surface area (Å²) in [5, 5.41) is 0. The number of halogens is 6. The van der Waals surface area contributed by atoms with Crippen LogP contribution in [-0.4, -0.2) is 39.6 Å². The Kier molecular flexibility index (Phi) is 4.02. The molecular formula is C5H6F6O3S. The summed E-state index contributed by atoms with van der Waals surface area (Å²) in [7, 11) is -4.35. The molecule has 10 heteroatoms. The van der Waals surface area contributed by atoms with Gasteiger partial charge in [-0.15, -0.1) is 0 Å². The molecule has 0 radical (unpaired) electrons. The van der Waals surface area contributed by atoms with Gasteiger partial charge in [0.05, 0.1) is 6.26 Å². The zero-order valence-corrected chi connectivity index (χ0v) is 8.00. The highest BCUT2D eigenvalue weighted by atomic mass is 32.2. The summed E-state index contributed by atoms with van der Waals surface area (Å²) < 4.78 is 95.1. The van der Waals surface area contributed by atoms with E-state index in [1.54, 1.807) is 0 Å². The van der Waals surface area contributed by atoms with Crippen molar-refractivity contribution >= 4 is 10.1 Å². The molecule has 0 aromatic heterocycles. The smallest absolute Gasteiger partial charge is 0.264 e. The zero-order chi connectivity index (χ0) is 12.5. The summed E-state index contributed by atoms with van der Waals surface area (Å²) in [6.07, 6.45) is -9.89. The minimum absolute atomic E-state index is 0.351. The van der Waals surface area contributed by atoms with Crippen LogP contribution in [0.25, 0.3) is 0 Å². The second kappa shape index (κ2) is 4.16. The van der Waals surface area contributed by atoms with Gasteiger partial charge in [0.1, 0.15) is 6.61 Å². The predicted octanol–water partition coefficient (Wildman–Crippen LogP) is 1.50. The van der Waals surface area contributed by atoms with Crippen LogP contribution in [-0.2, 0) is 14.3 Å². The Bertz CT molecular complexity index is 307. The van der Waals surface area contributed by atoms with Gasteiger partial charge in [-0.1, -0.05) is 0 Å². The Morgan fingerprint density at radius 2 is 1.60 bits per heavy atom. The van der Waals surface area contributed by atoms with Gasteiger partial charge >= 0.3 is 12.1 Å². The lowest BCUT2D eigenvalue weighted by atomic mass is 10.2. The lowest BCUT2D eigenvalue weighted by Crippen LogP contribution is -2.45. The molecule has 0 fully saturated rings. The van der Waals surface area contributed by atoms with Crippen molar-refractivity contribution in [2.24, 2.45) is 0 Å². The lowest BCUT2D eigenvalue weighted by Gasteiger charge is -2.21. The van der Waals surface area contributed by atoms with E-state index in [4.69, 9.17) is 0 Å². The van der Waals surface area contributed by atoms with E-state index in [9.17, 15) is 34.8 Å². The molecule has 1 atom stereocenters. The molecule has 0 saturated carbocycles. The van der Waals surface area contributed by atoms with E-state index in [2.05, 4.69) is 4.18 Å². The Hall–Kier alpha value is -0.510. The van der Waals surface area contributed by atoms with Gasteiger partial charge in [-0.05, 0) is 0 Å². The SMILES string of the molecule is CS(=O)(=O)OCC(F)(F)[C@H](F)C(F)(F)F. The Morgan fingerprint density at radius 1 is 1.20 bits per heavy atom. The van der Waals surface area contributed by atoms with Gasteiger partial charge in [0, 0.05) is 0 Å². The summed E-state index contributed by atoms with van der Waals surface area (Å²) in [6, 6.07) is 0. The van der Waals surface area contributed by atoms with E-state index in [0.29, 0.717) is 6.26 Å². The Morgan fingerprint density at radius 3 is 1.87 bits per heavy atom. The fourth-order valence-corrected chi connectivity index (χ4v) is 0.869. The second-order valence-electron chi connectivity index (χ2n) is 2.63. The first-order valence-electron chi connectivity index (χ1n) is 3.29. The highest BCUT2D eigenvalue weighted by Crippen LogP contribution is 2.35. The van der Waals surface area contributed by atoms with E-state index >= 15 is 0 Å². The summed E-state index contributed by atoms with van der Waals surface area (Å²) in [6.45, 7) is -2.19. The van der Waals surface area contributed by atoms with Crippen molar-refractivity contribution in [3.8, 4) is 0 Å². The number of hydrogen-bond acceptors (Lipinski definition) is 3. The minimum atomic E-state index is -5.77. The molecule has 0 unspecified atom stereocenters. The first-order valence-corrected chi connectivity index (χ1v) is 5.11. The third-order valence-electron chi connectivity index (χ3n) is 1.12. The molecule has 0 rings (SSSR count). The first kappa shape index (κ1) is 14.5. The molecule has 0 aromatic rings. The van der Waals surface area contributed by atoms with Crippen LogP contribution in [0.4, 0.5) is 26.3 Å². The van der Waals surface area contributed by atoms with Crippen LogP contribution < -0.4 is 0 Å². The second-order valence-corrected chi connectivity index (χ2v) is 4.28. The normalized spacial score (nSPS) is 16.5. The van der Waals surface area contributed by atoms with Crippen molar-refractivity contribution in [1.29, 1.82) is 0 Å². The molecule has 0 spiro atoms. The molecule has 15 heavy (non-hydrogen) atoms. The summed E-state index contributed by atoms with van der Waals surface area (Å²) >= 11 is 0. The molecular weight excluding hydrogens is 254 g/mol. The molecule has 0 saturated heterocycles. The molecule has 0 N–H and O–H groups in total. The average molecular weight is 260 g/mol. The van der Waals surface area contributed by atoms with Gasteiger partial charge in [0.2, 0.25) is 0 Å². The predicted molar refractivity (Wildman–Crippen MR) is 36.7 cm³/mol. The molecule has 0 amide bonds. The maximum atomic E-state index is 12.4. The minimum Gasteiger partial charge on any atom is -0.264 e. The molecule has 0 aliphatic carbocycles. The van der Waals surface area contributed by atoms with E-state index in [-0.39, 0.29) is 0 Å². The Labute approximate surface area is 81.1 Å². The van der Waals surface area contributed by atoms with Crippen molar-refractivity contribution in [2.75, 3.05) is 12.9 Å². The van der Waals surface area contributed by atoms with Crippen LogP contribution in [0.3, 0.4) is 0 Å². The van der Waals surface area contributed by atoms with Crippen LogP contribution in [0.1, 0.15) is 0 Å². The van der Waals surface area contributed by atoms with Crippen LogP contribution in [0.5, 0.6) is 0 Å². The summed E-state index contributed by atoms with van der Waals surface area (Å²) in [5.74, 6) is -4.94. The number of rotatable bonds is 4. The standard InChI is InChI=1S/C5H6F6O3S/c1-15(12,13)14-2-4(7,8)3(6)5(9,10)11/h3H,2H2,1H3/t3-/m0/s1. The van der Waals surface area contributed by atoms with Gasteiger partial charge in [-0.25, -0.2) is 13.2 Å². The van der Waals surface area contributed by atoms with Gasteiger partial charge in [0.25, 0.3) is 16.3 Å². The van der Waals surface area contributed by atoms with E-state index in [1.807, 2.05) is 0 Å². The molecule has 92 valence electrons. The highest BCUT2D eigenvalue weighted by molar-refractivity contribution is 7.85. The summed E-state index contributed by atoms with van der Waals surface area (Å²) in [5.41, 5.74) is 0. The largest absolute Gasteiger partial charge is 0.425 e. The van der Waals surface area contributed by atoms with Crippen molar-refractivity contribution in [2.45, 2.75) is 18.3 Å². The Balaban J connectivity index is 4.56. The molecule has 0 aromatic carbocycles. The van der Waals surface area contributed by atoms with Crippen LogP contribution >= 0.6 is 0 Å². The zero-order valence-electron chi connectivity index (χ0n) is 7.19. The van der Waals surface area contributed by atoms with Gasteiger partial charge < -0.3 is 0 Å². The highest BCUT2D eigenvalue weighted by Gasteiger charge is 2.57. The molecule has 0 aliphatic heterocycles. The fourth-order valence-electron chi connectivity index (χ4n) is 0.498. The quantitative estimate of drug-likeness (QED) is 0.568. The lowest BCUT2D eigenvalue weighted by molar-refractivity contribution is -0.249. The average Bonchev–Trinajstić information content (AvgIpc) is 1.97. The van der Waals surface area contributed by atoms with E-state index < -0.39 is 35.0 Å². The fraction of sp³-hybridized carbons (Fsp3) is 1.00. The first-order chi connectivity index (χ1) is 6.36. The molecule has 0 bridgehead atoms. The van der Waals surface area contributed by atoms with Crippen molar-refractivity contribution in [3.05, 3.63) is 0 Å². The molecule has 3 nitrogen and oxygen atoms in total.